The van der Waals surface area contributed by atoms with Crippen LogP contribution in [0, 0.1) is 28.4 Å². The van der Waals surface area contributed by atoms with Crippen molar-refractivity contribution in [2.45, 2.75) is 18.9 Å². The number of halogens is 2. The zero-order chi connectivity index (χ0) is 32.9. The fourth-order valence-corrected chi connectivity index (χ4v) is 6.50. The molecule has 0 amide bonds. The number of nitro groups is 1. The highest BCUT2D eigenvalue weighted by atomic mass is 35.5. The van der Waals surface area contributed by atoms with Crippen molar-refractivity contribution in [1.29, 1.82) is 5.26 Å². The summed E-state index contributed by atoms with van der Waals surface area (Å²) >= 11 is 12.7. The lowest BCUT2D eigenvalue weighted by Crippen LogP contribution is -2.48. The molecule has 0 radical (unpaired) electrons. The number of piperazine rings is 1. The highest BCUT2D eigenvalue weighted by Crippen LogP contribution is 2.39. The van der Waals surface area contributed by atoms with Crippen LogP contribution in [-0.4, -0.2) is 46.0 Å². The first-order valence-corrected chi connectivity index (χ1v) is 15.9. The fraction of sp³-hybridized carbons (Fsp3) is 0.194. The number of aromatic nitrogens is 2. The molecule has 1 aliphatic rings. The van der Waals surface area contributed by atoms with Crippen LogP contribution in [0.25, 0.3) is 0 Å². The van der Waals surface area contributed by atoms with Crippen LogP contribution in [0.1, 0.15) is 39.8 Å². The molecule has 0 aliphatic carbocycles. The minimum absolute atomic E-state index is 0.0631. The normalized spacial score (nSPS) is 14.1. The zero-order valence-electron chi connectivity index (χ0n) is 25.6. The van der Waals surface area contributed by atoms with E-state index in [2.05, 4.69) is 50.5 Å². The van der Waals surface area contributed by atoms with E-state index in [0.717, 1.165) is 11.1 Å². The number of nitrogens with zero attached hydrogens (tertiary/aromatic N) is 6. The van der Waals surface area contributed by atoms with E-state index in [0.29, 0.717) is 47.5 Å². The molecule has 2 heterocycles. The summed E-state index contributed by atoms with van der Waals surface area (Å²) in [6.07, 6.45) is 1.34. The van der Waals surface area contributed by atoms with Crippen LogP contribution in [0.5, 0.6) is 0 Å². The van der Waals surface area contributed by atoms with Gasteiger partial charge in [0.25, 0.3) is 0 Å². The molecule has 1 saturated heterocycles. The Kier molecular flexibility index (Phi) is 9.64. The molecule has 11 heteroatoms. The van der Waals surface area contributed by atoms with Crippen molar-refractivity contribution in [2.24, 2.45) is 0 Å². The van der Waals surface area contributed by atoms with Crippen LogP contribution in [-0.2, 0) is 0 Å². The quantitative estimate of drug-likeness (QED) is 0.124. The van der Waals surface area contributed by atoms with Crippen molar-refractivity contribution in [3.8, 4) is 6.07 Å². The summed E-state index contributed by atoms with van der Waals surface area (Å²) in [4.78, 5) is 25.1. The summed E-state index contributed by atoms with van der Waals surface area (Å²) in [5, 5.41) is 26.5. The number of rotatable bonds is 9. The van der Waals surface area contributed by atoms with Crippen molar-refractivity contribution in [3.05, 3.63) is 151 Å². The summed E-state index contributed by atoms with van der Waals surface area (Å²) in [6, 6.07) is 33.7. The van der Waals surface area contributed by atoms with E-state index >= 15 is 0 Å². The van der Waals surface area contributed by atoms with Gasteiger partial charge in [0.1, 0.15) is 6.33 Å². The van der Waals surface area contributed by atoms with Gasteiger partial charge in [-0.2, -0.15) is 5.26 Å². The molecule has 1 aromatic heterocycles. The molecule has 47 heavy (non-hydrogen) atoms. The van der Waals surface area contributed by atoms with Crippen LogP contribution < -0.4 is 10.2 Å². The van der Waals surface area contributed by atoms with Crippen molar-refractivity contribution in [1.82, 2.24) is 14.9 Å². The number of benzene rings is 4. The average Bonchev–Trinajstić information content (AvgIpc) is 3.09. The first kappa shape index (κ1) is 32.0. The molecule has 4 aromatic carbocycles. The smallest absolute Gasteiger partial charge is 0.348 e. The van der Waals surface area contributed by atoms with Gasteiger partial charge in [-0.05, 0) is 52.9 Å². The monoisotopic (exact) mass is 663 g/mol. The van der Waals surface area contributed by atoms with Crippen LogP contribution >= 0.6 is 23.2 Å². The van der Waals surface area contributed by atoms with Gasteiger partial charge >= 0.3 is 5.69 Å². The van der Waals surface area contributed by atoms with Gasteiger partial charge in [0.2, 0.25) is 11.6 Å². The lowest BCUT2D eigenvalue weighted by atomic mass is 9.91. The SMILES string of the molecule is Cc1cc(C(C#N)c2ccc(Cl)cc2)c(Cl)cc1Nc1ncnc(N2CCN(C(c3ccccc3)c3ccccc3)CC2)c1[N+](=O)[O-]. The summed E-state index contributed by atoms with van der Waals surface area (Å²) in [5.74, 6) is -0.291. The third-order valence-electron chi connectivity index (χ3n) is 8.44. The molecular weight excluding hydrogens is 633 g/mol. The molecule has 9 nitrogen and oxygen atoms in total. The van der Waals surface area contributed by atoms with E-state index in [9.17, 15) is 15.4 Å². The van der Waals surface area contributed by atoms with Gasteiger partial charge in [-0.25, -0.2) is 9.97 Å². The van der Waals surface area contributed by atoms with Crippen molar-refractivity contribution >= 4 is 46.2 Å². The zero-order valence-corrected chi connectivity index (χ0v) is 27.1. The number of hydrogen-bond donors (Lipinski definition) is 1. The molecule has 1 N–H and O–H groups in total. The predicted molar refractivity (Wildman–Crippen MR) is 186 cm³/mol. The lowest BCUT2D eigenvalue weighted by Gasteiger charge is -2.40. The fourth-order valence-electron chi connectivity index (χ4n) is 6.10. The second kappa shape index (κ2) is 14.2. The predicted octanol–water partition coefficient (Wildman–Crippen LogP) is 8.31. The minimum atomic E-state index is -0.616. The van der Waals surface area contributed by atoms with Crippen LogP contribution in [0.2, 0.25) is 10.0 Å². The Morgan fingerprint density at radius 1 is 0.872 bits per heavy atom. The van der Waals surface area contributed by atoms with Gasteiger partial charge in [-0.15, -0.1) is 0 Å². The second-order valence-electron chi connectivity index (χ2n) is 11.3. The van der Waals surface area contributed by atoms with E-state index in [4.69, 9.17) is 23.2 Å². The van der Waals surface area contributed by atoms with Gasteiger partial charge in [0, 0.05) is 41.9 Å². The molecule has 1 fully saturated rings. The van der Waals surface area contributed by atoms with Gasteiger partial charge in [-0.1, -0.05) is 102 Å². The molecule has 0 bridgehead atoms. The number of anilines is 3. The molecule has 0 spiro atoms. The topological polar surface area (TPSA) is 111 Å². The van der Waals surface area contributed by atoms with Gasteiger partial charge in [0.15, 0.2) is 0 Å². The molecule has 6 rings (SSSR count). The molecule has 236 valence electrons. The molecule has 1 unspecified atom stereocenters. The summed E-state index contributed by atoms with van der Waals surface area (Å²) in [6.45, 7) is 4.31. The summed E-state index contributed by atoms with van der Waals surface area (Å²) in [7, 11) is 0. The molecule has 0 saturated carbocycles. The second-order valence-corrected chi connectivity index (χ2v) is 12.2. The van der Waals surface area contributed by atoms with Gasteiger partial charge in [0.05, 0.1) is 23.0 Å². The number of nitriles is 1. The number of hydrogen-bond acceptors (Lipinski definition) is 8. The van der Waals surface area contributed by atoms with E-state index in [1.165, 1.54) is 17.5 Å². The first-order chi connectivity index (χ1) is 22.8. The Morgan fingerprint density at radius 3 is 2.06 bits per heavy atom. The largest absolute Gasteiger partial charge is 0.353 e. The van der Waals surface area contributed by atoms with Gasteiger partial charge < -0.3 is 10.2 Å². The van der Waals surface area contributed by atoms with E-state index < -0.39 is 10.8 Å². The Morgan fingerprint density at radius 2 is 1.49 bits per heavy atom. The first-order valence-electron chi connectivity index (χ1n) is 15.1. The molecule has 5 aromatic rings. The Bertz CT molecular complexity index is 1870. The molecule has 1 atom stereocenters. The summed E-state index contributed by atoms with van der Waals surface area (Å²) < 4.78 is 0. The highest BCUT2D eigenvalue weighted by Gasteiger charge is 2.32. The highest BCUT2D eigenvalue weighted by molar-refractivity contribution is 6.32. The minimum Gasteiger partial charge on any atom is -0.348 e. The van der Waals surface area contributed by atoms with E-state index in [1.54, 1.807) is 30.3 Å². The average molecular weight is 665 g/mol. The number of nitrogens with one attached hydrogen (secondary N) is 1. The summed E-state index contributed by atoms with van der Waals surface area (Å²) in [5.41, 5.74) is 4.85. The van der Waals surface area contributed by atoms with Gasteiger partial charge in [-0.3, -0.25) is 15.0 Å². The maximum atomic E-state index is 12.5. The van der Waals surface area contributed by atoms with E-state index in [1.807, 2.05) is 54.3 Å². The van der Waals surface area contributed by atoms with Crippen molar-refractivity contribution < 1.29 is 4.92 Å². The Hall–Kier alpha value is -5.01. The Labute approximate surface area is 283 Å². The lowest BCUT2D eigenvalue weighted by molar-refractivity contribution is -0.383. The maximum absolute atomic E-state index is 12.5. The maximum Gasteiger partial charge on any atom is 0.353 e. The van der Waals surface area contributed by atoms with Crippen molar-refractivity contribution in [3.63, 3.8) is 0 Å². The van der Waals surface area contributed by atoms with E-state index in [-0.39, 0.29) is 23.4 Å². The number of aryl methyl sites for hydroxylation is 1. The molecular formula is C36H31Cl2N7O2. The van der Waals surface area contributed by atoms with Crippen LogP contribution in [0.4, 0.5) is 23.0 Å². The standard InChI is InChI=1S/C36H31Cl2N7O2/c1-24-20-29(30(22-39)25-12-14-28(37)15-13-25)31(38)21-32(24)42-35-34(45(46)47)36(41-23-40-35)44-18-16-43(17-19-44)33(26-8-4-2-5-9-26)27-10-6-3-7-11-27/h2-15,20-21,23,30,33H,16-19H2,1H3,(H,40,41,42). The Balaban J connectivity index is 1.24. The molecule has 1 aliphatic heterocycles. The third kappa shape index (κ3) is 6.91. The third-order valence-corrected chi connectivity index (χ3v) is 9.01. The van der Waals surface area contributed by atoms with Crippen LogP contribution in [0.3, 0.4) is 0 Å². The van der Waals surface area contributed by atoms with Crippen LogP contribution in [0.15, 0.2) is 103 Å². The van der Waals surface area contributed by atoms with Crippen molar-refractivity contribution in [2.75, 3.05) is 36.4 Å².